The summed E-state index contributed by atoms with van der Waals surface area (Å²) in [6.45, 7) is 3.23. The van der Waals surface area contributed by atoms with Crippen LogP contribution in [0.4, 0.5) is 0 Å². The molecule has 2 aromatic rings. The van der Waals surface area contributed by atoms with Crippen LogP contribution in [0.25, 0.3) is 6.08 Å². The molecule has 0 radical (unpaired) electrons. The lowest BCUT2D eigenvalue weighted by molar-refractivity contribution is 0.287. The smallest absolute Gasteiger partial charge is 0.0237 e. The van der Waals surface area contributed by atoms with Gasteiger partial charge in [0.15, 0.2) is 0 Å². The maximum Gasteiger partial charge on any atom is 0.0237 e. The molecule has 2 aromatic carbocycles. The van der Waals surface area contributed by atoms with Gasteiger partial charge in [0.25, 0.3) is 0 Å². The lowest BCUT2D eigenvalue weighted by atomic mass is 10.1. The van der Waals surface area contributed by atoms with Gasteiger partial charge in [-0.15, -0.1) is 0 Å². The SMILES string of the molecule is C1=C(/C=C/c2ccccc2)CCN(Cc2ccccc2)C1. The molecule has 0 saturated heterocycles. The van der Waals surface area contributed by atoms with E-state index >= 15 is 0 Å². The third kappa shape index (κ3) is 4.17. The quantitative estimate of drug-likeness (QED) is 0.792. The Balaban J connectivity index is 1.56. The third-order valence-electron chi connectivity index (χ3n) is 3.87. The average Bonchev–Trinajstić information content (AvgIpc) is 2.56. The van der Waals surface area contributed by atoms with E-state index in [1.807, 2.05) is 0 Å². The van der Waals surface area contributed by atoms with E-state index in [4.69, 9.17) is 0 Å². The first-order valence-electron chi connectivity index (χ1n) is 7.58. The Morgan fingerprint density at radius 2 is 1.57 bits per heavy atom. The van der Waals surface area contributed by atoms with Crippen molar-refractivity contribution in [2.45, 2.75) is 13.0 Å². The molecule has 1 aliphatic heterocycles. The molecule has 0 N–H and O–H groups in total. The predicted octanol–water partition coefficient (Wildman–Crippen LogP) is 4.53. The fourth-order valence-corrected chi connectivity index (χ4v) is 2.63. The highest BCUT2D eigenvalue weighted by Gasteiger charge is 2.10. The predicted molar refractivity (Wildman–Crippen MR) is 89.9 cm³/mol. The molecular formula is C20H21N. The Kier molecular flexibility index (Phi) is 4.65. The number of hydrogen-bond acceptors (Lipinski definition) is 1. The van der Waals surface area contributed by atoms with Crippen molar-refractivity contribution in [3.63, 3.8) is 0 Å². The number of rotatable bonds is 4. The minimum absolute atomic E-state index is 1.04. The summed E-state index contributed by atoms with van der Waals surface area (Å²) in [6.07, 6.45) is 7.95. The van der Waals surface area contributed by atoms with Crippen LogP contribution in [0.5, 0.6) is 0 Å². The highest BCUT2D eigenvalue weighted by atomic mass is 15.1. The van der Waals surface area contributed by atoms with Crippen molar-refractivity contribution in [2.24, 2.45) is 0 Å². The highest BCUT2D eigenvalue weighted by molar-refractivity contribution is 5.52. The zero-order chi connectivity index (χ0) is 14.3. The lowest BCUT2D eigenvalue weighted by Crippen LogP contribution is -2.27. The van der Waals surface area contributed by atoms with Gasteiger partial charge >= 0.3 is 0 Å². The summed E-state index contributed by atoms with van der Waals surface area (Å²) in [7, 11) is 0. The van der Waals surface area contributed by atoms with E-state index in [0.29, 0.717) is 0 Å². The molecule has 1 aliphatic rings. The molecule has 0 amide bonds. The van der Waals surface area contributed by atoms with E-state index in [9.17, 15) is 0 Å². The van der Waals surface area contributed by atoms with Crippen LogP contribution < -0.4 is 0 Å². The van der Waals surface area contributed by atoms with E-state index < -0.39 is 0 Å². The van der Waals surface area contributed by atoms with Crippen molar-refractivity contribution in [3.05, 3.63) is 89.5 Å². The Morgan fingerprint density at radius 3 is 2.24 bits per heavy atom. The molecule has 0 bridgehead atoms. The fraction of sp³-hybridized carbons (Fsp3) is 0.200. The molecule has 0 atom stereocenters. The van der Waals surface area contributed by atoms with E-state index in [1.165, 1.54) is 16.7 Å². The summed E-state index contributed by atoms with van der Waals surface area (Å²) >= 11 is 0. The minimum Gasteiger partial charge on any atom is -0.295 e. The van der Waals surface area contributed by atoms with Gasteiger partial charge in [-0.2, -0.15) is 0 Å². The van der Waals surface area contributed by atoms with Gasteiger partial charge < -0.3 is 0 Å². The van der Waals surface area contributed by atoms with Gasteiger partial charge in [0, 0.05) is 19.6 Å². The summed E-state index contributed by atoms with van der Waals surface area (Å²) in [5.41, 5.74) is 4.11. The molecule has 0 aliphatic carbocycles. The number of benzene rings is 2. The van der Waals surface area contributed by atoms with Gasteiger partial charge in [0.1, 0.15) is 0 Å². The first kappa shape index (κ1) is 13.8. The van der Waals surface area contributed by atoms with Crippen LogP contribution in [0.15, 0.2) is 78.4 Å². The molecule has 0 spiro atoms. The standard InChI is InChI=1S/C20H21N/c1-3-7-18(8-4-1)11-12-19-13-15-21(16-14-19)17-20-9-5-2-6-10-20/h1-13H,14-17H2/b12-11+. The lowest BCUT2D eigenvalue weighted by Gasteiger charge is -2.25. The molecule has 0 fully saturated rings. The number of allylic oxidation sites excluding steroid dienone is 1. The highest BCUT2D eigenvalue weighted by Crippen LogP contribution is 2.16. The van der Waals surface area contributed by atoms with Crippen LogP contribution in [0.3, 0.4) is 0 Å². The average molecular weight is 275 g/mol. The Morgan fingerprint density at radius 1 is 0.857 bits per heavy atom. The summed E-state index contributed by atoms with van der Waals surface area (Å²) in [5.74, 6) is 0. The summed E-state index contributed by atoms with van der Waals surface area (Å²) < 4.78 is 0. The van der Waals surface area contributed by atoms with E-state index in [2.05, 4.69) is 83.8 Å². The second-order valence-electron chi connectivity index (χ2n) is 5.49. The number of nitrogens with zero attached hydrogens (tertiary/aromatic N) is 1. The van der Waals surface area contributed by atoms with Gasteiger partial charge in [-0.1, -0.05) is 78.9 Å². The second kappa shape index (κ2) is 7.05. The third-order valence-corrected chi connectivity index (χ3v) is 3.87. The zero-order valence-electron chi connectivity index (χ0n) is 12.3. The maximum absolute atomic E-state index is 2.50. The molecule has 21 heavy (non-hydrogen) atoms. The molecule has 1 heterocycles. The van der Waals surface area contributed by atoms with Crippen LogP contribution >= 0.6 is 0 Å². The minimum atomic E-state index is 1.04. The first-order valence-corrected chi connectivity index (χ1v) is 7.58. The first-order chi connectivity index (χ1) is 10.4. The molecule has 0 saturated carbocycles. The maximum atomic E-state index is 2.50. The van der Waals surface area contributed by atoms with Crippen molar-refractivity contribution in [3.8, 4) is 0 Å². The van der Waals surface area contributed by atoms with Gasteiger partial charge in [0.2, 0.25) is 0 Å². The van der Waals surface area contributed by atoms with Gasteiger partial charge in [0.05, 0.1) is 0 Å². The molecule has 3 rings (SSSR count). The van der Waals surface area contributed by atoms with Crippen molar-refractivity contribution in [1.29, 1.82) is 0 Å². The van der Waals surface area contributed by atoms with Gasteiger partial charge in [-0.05, 0) is 23.1 Å². The van der Waals surface area contributed by atoms with E-state index in [1.54, 1.807) is 0 Å². The molecule has 0 aromatic heterocycles. The van der Waals surface area contributed by atoms with Crippen LogP contribution in [-0.2, 0) is 6.54 Å². The molecule has 106 valence electrons. The van der Waals surface area contributed by atoms with E-state index in [-0.39, 0.29) is 0 Å². The second-order valence-corrected chi connectivity index (χ2v) is 5.49. The summed E-state index contributed by atoms with van der Waals surface area (Å²) in [6, 6.07) is 21.2. The van der Waals surface area contributed by atoms with Crippen molar-refractivity contribution < 1.29 is 0 Å². The van der Waals surface area contributed by atoms with Crippen molar-refractivity contribution >= 4 is 6.08 Å². The van der Waals surface area contributed by atoms with Gasteiger partial charge in [-0.25, -0.2) is 0 Å². The largest absolute Gasteiger partial charge is 0.295 e. The molecular weight excluding hydrogens is 254 g/mol. The number of hydrogen-bond donors (Lipinski definition) is 0. The van der Waals surface area contributed by atoms with Crippen molar-refractivity contribution in [2.75, 3.05) is 13.1 Å². The van der Waals surface area contributed by atoms with E-state index in [0.717, 1.165) is 26.1 Å². The Bertz CT molecular complexity index is 611. The monoisotopic (exact) mass is 275 g/mol. The fourth-order valence-electron chi connectivity index (χ4n) is 2.63. The van der Waals surface area contributed by atoms with Crippen molar-refractivity contribution in [1.82, 2.24) is 4.90 Å². The summed E-state index contributed by atoms with van der Waals surface area (Å²) in [5, 5.41) is 0. The molecule has 1 nitrogen and oxygen atoms in total. The molecule has 1 heteroatoms. The normalized spacial score (nSPS) is 16.1. The molecule has 0 unspecified atom stereocenters. The zero-order valence-corrected chi connectivity index (χ0v) is 12.3. The van der Waals surface area contributed by atoms with Crippen LogP contribution in [0, 0.1) is 0 Å². The Labute approximate surface area is 127 Å². The Hall–Kier alpha value is -2.12. The van der Waals surface area contributed by atoms with Crippen LogP contribution in [-0.4, -0.2) is 18.0 Å². The topological polar surface area (TPSA) is 3.24 Å². The van der Waals surface area contributed by atoms with Crippen LogP contribution in [0.1, 0.15) is 17.5 Å². The van der Waals surface area contributed by atoms with Crippen LogP contribution in [0.2, 0.25) is 0 Å². The van der Waals surface area contributed by atoms with Gasteiger partial charge in [-0.3, -0.25) is 4.90 Å². The summed E-state index contributed by atoms with van der Waals surface area (Å²) in [4.78, 5) is 2.50.